The highest BCUT2D eigenvalue weighted by atomic mass is 16.5. The molecule has 2 amide bonds. The van der Waals surface area contributed by atoms with Crippen LogP contribution in [0.2, 0.25) is 0 Å². The van der Waals surface area contributed by atoms with Crippen molar-refractivity contribution >= 4 is 11.8 Å². The second-order valence-electron chi connectivity index (χ2n) is 7.67. The fourth-order valence-electron chi connectivity index (χ4n) is 4.64. The number of likely N-dealkylation sites (tertiary alicyclic amines) is 2. The first kappa shape index (κ1) is 16.6. The number of amides is 2. The van der Waals surface area contributed by atoms with Gasteiger partial charge in [-0.3, -0.25) is 9.59 Å². The summed E-state index contributed by atoms with van der Waals surface area (Å²) < 4.78 is 11.7. The maximum absolute atomic E-state index is 12.8. The van der Waals surface area contributed by atoms with Crippen molar-refractivity contribution in [1.82, 2.24) is 9.80 Å². The Hall–Kier alpha value is -1.82. The van der Waals surface area contributed by atoms with Crippen LogP contribution < -0.4 is 0 Å². The van der Waals surface area contributed by atoms with Gasteiger partial charge in [-0.05, 0) is 45.6 Å². The lowest BCUT2D eigenvalue weighted by Crippen LogP contribution is -2.50. The molecule has 1 aromatic heterocycles. The van der Waals surface area contributed by atoms with Crippen LogP contribution in [-0.4, -0.2) is 59.5 Å². The van der Waals surface area contributed by atoms with Gasteiger partial charge in [-0.25, -0.2) is 0 Å². The average Bonchev–Trinajstić information content (AvgIpc) is 3.27. The second-order valence-corrected chi connectivity index (χ2v) is 7.67. The number of carbonyl (C=O) groups excluding carboxylic acids is 2. The molecule has 0 N–H and O–H groups in total. The van der Waals surface area contributed by atoms with Crippen LogP contribution in [0.5, 0.6) is 0 Å². The van der Waals surface area contributed by atoms with Gasteiger partial charge in [-0.15, -0.1) is 0 Å². The lowest BCUT2D eigenvalue weighted by molar-refractivity contribution is -0.137. The molecule has 25 heavy (non-hydrogen) atoms. The molecule has 0 aliphatic carbocycles. The summed E-state index contributed by atoms with van der Waals surface area (Å²) in [4.78, 5) is 28.8. The van der Waals surface area contributed by atoms with Crippen molar-refractivity contribution in [2.45, 2.75) is 57.6 Å². The summed E-state index contributed by atoms with van der Waals surface area (Å²) in [6.45, 7) is 6.53. The van der Waals surface area contributed by atoms with Gasteiger partial charge < -0.3 is 19.0 Å². The smallest absolute Gasteiger partial charge is 0.257 e. The maximum atomic E-state index is 12.8. The van der Waals surface area contributed by atoms with Crippen molar-refractivity contribution in [2.24, 2.45) is 0 Å². The van der Waals surface area contributed by atoms with Crippen LogP contribution in [0.3, 0.4) is 0 Å². The number of nitrogens with zero attached hydrogens (tertiary/aromatic N) is 2. The zero-order chi connectivity index (χ0) is 17.6. The van der Waals surface area contributed by atoms with Gasteiger partial charge in [0.25, 0.3) is 5.91 Å². The fraction of sp³-hybridized carbons (Fsp3) is 0.684. The van der Waals surface area contributed by atoms with Crippen molar-refractivity contribution in [3.63, 3.8) is 0 Å². The highest BCUT2D eigenvalue weighted by Gasteiger charge is 2.47. The molecule has 0 radical (unpaired) electrons. The molecule has 2 atom stereocenters. The largest absolute Gasteiger partial charge is 0.466 e. The summed E-state index contributed by atoms with van der Waals surface area (Å²) in [5, 5.41) is 0. The minimum absolute atomic E-state index is 0.0224. The Morgan fingerprint density at radius 3 is 2.84 bits per heavy atom. The molecule has 4 rings (SSSR count). The summed E-state index contributed by atoms with van der Waals surface area (Å²) >= 11 is 0. The predicted octanol–water partition coefficient (Wildman–Crippen LogP) is 2.28. The van der Waals surface area contributed by atoms with E-state index in [-0.39, 0.29) is 23.5 Å². The van der Waals surface area contributed by atoms with Gasteiger partial charge in [-0.1, -0.05) is 0 Å². The number of hydrogen-bond acceptors (Lipinski definition) is 4. The number of ether oxygens (including phenoxy) is 1. The van der Waals surface area contributed by atoms with Gasteiger partial charge in [0.2, 0.25) is 5.91 Å². The van der Waals surface area contributed by atoms with Crippen molar-refractivity contribution < 1.29 is 18.7 Å². The number of rotatable bonds is 2. The van der Waals surface area contributed by atoms with Crippen LogP contribution in [-0.2, 0) is 9.53 Å². The monoisotopic (exact) mass is 346 g/mol. The van der Waals surface area contributed by atoms with Gasteiger partial charge in [0, 0.05) is 32.2 Å². The van der Waals surface area contributed by atoms with Crippen molar-refractivity contribution in [1.29, 1.82) is 0 Å². The summed E-state index contributed by atoms with van der Waals surface area (Å²) in [5.41, 5.74) is 0.352. The van der Waals surface area contributed by atoms with E-state index in [1.54, 1.807) is 0 Å². The maximum Gasteiger partial charge on any atom is 0.257 e. The molecule has 6 heteroatoms. The standard InChI is InChI=1S/C19H26N2O4/c1-13-10-16(14(2)25-13)18(23)20-8-6-19(12-20)11-15(5-9-24-19)21-7-3-4-17(21)22/h10,15H,3-9,11-12H2,1-2H3/t15-,19-/m1/s1. The zero-order valence-corrected chi connectivity index (χ0v) is 15.0. The molecule has 4 heterocycles. The average molecular weight is 346 g/mol. The van der Waals surface area contributed by atoms with E-state index in [0.717, 1.165) is 38.0 Å². The van der Waals surface area contributed by atoms with Crippen LogP contribution in [0.25, 0.3) is 0 Å². The highest BCUT2D eigenvalue weighted by Crippen LogP contribution is 2.37. The lowest BCUT2D eigenvalue weighted by Gasteiger charge is -2.41. The first-order valence-electron chi connectivity index (χ1n) is 9.27. The van der Waals surface area contributed by atoms with Gasteiger partial charge in [0.15, 0.2) is 0 Å². The van der Waals surface area contributed by atoms with Gasteiger partial charge >= 0.3 is 0 Å². The van der Waals surface area contributed by atoms with Crippen LogP contribution in [0.15, 0.2) is 10.5 Å². The lowest BCUT2D eigenvalue weighted by atomic mass is 9.89. The van der Waals surface area contributed by atoms with Crippen molar-refractivity contribution in [3.05, 3.63) is 23.2 Å². The molecule has 0 unspecified atom stereocenters. The molecular formula is C19H26N2O4. The SMILES string of the molecule is Cc1cc(C(=O)N2CC[C@@]3(C[C@H](N4CCCC4=O)CCO3)C2)c(C)o1. The van der Waals surface area contributed by atoms with E-state index in [9.17, 15) is 9.59 Å². The number of hydrogen-bond donors (Lipinski definition) is 0. The third-order valence-electron chi connectivity index (χ3n) is 5.89. The Bertz CT molecular complexity index is 698. The van der Waals surface area contributed by atoms with E-state index in [4.69, 9.17) is 9.15 Å². The molecule has 3 fully saturated rings. The summed E-state index contributed by atoms with van der Waals surface area (Å²) in [6, 6.07) is 2.08. The zero-order valence-electron chi connectivity index (χ0n) is 15.0. The molecule has 3 aliphatic rings. The van der Waals surface area contributed by atoms with Crippen molar-refractivity contribution in [3.8, 4) is 0 Å². The summed E-state index contributed by atoms with van der Waals surface area (Å²) in [5.74, 6) is 1.73. The minimum Gasteiger partial charge on any atom is -0.466 e. The Kier molecular flexibility index (Phi) is 4.10. The normalized spacial score (nSPS) is 29.8. The first-order chi connectivity index (χ1) is 12.0. The molecule has 1 spiro atoms. The van der Waals surface area contributed by atoms with Gasteiger partial charge in [0.05, 0.1) is 17.7 Å². The Labute approximate surface area is 148 Å². The first-order valence-corrected chi connectivity index (χ1v) is 9.27. The minimum atomic E-state index is -0.297. The predicted molar refractivity (Wildman–Crippen MR) is 91.4 cm³/mol. The van der Waals surface area contributed by atoms with Crippen LogP contribution in [0.1, 0.15) is 54.0 Å². The topological polar surface area (TPSA) is 63.0 Å². The molecule has 3 saturated heterocycles. The number of aryl methyl sites for hydroxylation is 2. The van der Waals surface area contributed by atoms with Gasteiger partial charge in [0.1, 0.15) is 11.5 Å². The van der Waals surface area contributed by atoms with Crippen LogP contribution in [0.4, 0.5) is 0 Å². The molecule has 6 nitrogen and oxygen atoms in total. The summed E-state index contributed by atoms with van der Waals surface area (Å²) in [6.07, 6.45) is 4.22. The van der Waals surface area contributed by atoms with E-state index in [0.29, 0.717) is 37.4 Å². The third kappa shape index (κ3) is 2.97. The number of furan rings is 1. The molecule has 0 bridgehead atoms. The quantitative estimate of drug-likeness (QED) is 0.824. The Morgan fingerprint density at radius 2 is 2.16 bits per heavy atom. The highest BCUT2D eigenvalue weighted by molar-refractivity contribution is 5.95. The van der Waals surface area contributed by atoms with Crippen LogP contribution >= 0.6 is 0 Å². The number of carbonyl (C=O) groups is 2. The third-order valence-corrected chi connectivity index (χ3v) is 5.89. The van der Waals surface area contributed by atoms with E-state index >= 15 is 0 Å². The van der Waals surface area contributed by atoms with E-state index in [1.165, 1.54) is 0 Å². The summed E-state index contributed by atoms with van der Waals surface area (Å²) in [7, 11) is 0. The van der Waals surface area contributed by atoms with Crippen LogP contribution in [0, 0.1) is 13.8 Å². The van der Waals surface area contributed by atoms with Crippen molar-refractivity contribution in [2.75, 3.05) is 26.2 Å². The molecule has 0 aromatic carbocycles. The molecular weight excluding hydrogens is 320 g/mol. The fourth-order valence-corrected chi connectivity index (χ4v) is 4.64. The van der Waals surface area contributed by atoms with Gasteiger partial charge in [-0.2, -0.15) is 0 Å². The van der Waals surface area contributed by atoms with E-state index in [1.807, 2.05) is 29.7 Å². The molecule has 136 valence electrons. The molecule has 0 saturated carbocycles. The second kappa shape index (κ2) is 6.16. The Morgan fingerprint density at radius 1 is 1.32 bits per heavy atom. The van der Waals surface area contributed by atoms with E-state index < -0.39 is 0 Å². The molecule has 1 aromatic rings. The van der Waals surface area contributed by atoms with E-state index in [2.05, 4.69) is 0 Å². The Balaban J connectivity index is 1.46. The molecule has 3 aliphatic heterocycles.